The molecule has 0 spiro atoms. The fourth-order valence-electron chi connectivity index (χ4n) is 1.69. The standard InChI is InChI=1S/C11H19N9O/c1-3-19(4-2)5-6-21-11-16-9(18-12)15-10(17-11)20-8-13-7-14-20/h7-8H,3-6,12H2,1-2H3,(H,15,16,17,18). The maximum absolute atomic E-state index is 5.56. The average molecular weight is 293 g/mol. The largest absolute Gasteiger partial charge is 0.462 e. The van der Waals surface area contributed by atoms with Gasteiger partial charge in [-0.3, -0.25) is 5.43 Å². The van der Waals surface area contributed by atoms with Crippen LogP contribution in [0.3, 0.4) is 0 Å². The first-order valence-electron chi connectivity index (χ1n) is 6.69. The predicted octanol–water partition coefficient (Wildman–Crippen LogP) is -0.541. The second kappa shape index (κ2) is 7.45. The van der Waals surface area contributed by atoms with E-state index >= 15 is 0 Å². The van der Waals surface area contributed by atoms with Gasteiger partial charge in [0.2, 0.25) is 5.95 Å². The number of nitrogen functional groups attached to an aromatic ring is 1. The van der Waals surface area contributed by atoms with E-state index in [1.165, 1.54) is 17.3 Å². The Morgan fingerprint density at radius 1 is 1.29 bits per heavy atom. The van der Waals surface area contributed by atoms with Crippen LogP contribution in [-0.4, -0.2) is 60.9 Å². The zero-order chi connectivity index (χ0) is 15.1. The Bertz CT molecular complexity index is 541. The van der Waals surface area contributed by atoms with Gasteiger partial charge in [0.05, 0.1) is 0 Å². The second-order valence-electron chi connectivity index (χ2n) is 4.10. The van der Waals surface area contributed by atoms with Gasteiger partial charge in [-0.1, -0.05) is 13.8 Å². The molecule has 0 fully saturated rings. The summed E-state index contributed by atoms with van der Waals surface area (Å²) in [5, 5.41) is 3.96. The number of nitrogens with two attached hydrogens (primary N) is 1. The lowest BCUT2D eigenvalue weighted by molar-refractivity contribution is 0.212. The molecule has 2 heterocycles. The summed E-state index contributed by atoms with van der Waals surface area (Å²) in [7, 11) is 0. The van der Waals surface area contributed by atoms with Crippen LogP contribution in [0.2, 0.25) is 0 Å². The zero-order valence-electron chi connectivity index (χ0n) is 12.1. The molecule has 0 aliphatic rings. The number of hydrogen-bond acceptors (Lipinski definition) is 9. The molecule has 0 bridgehead atoms. The van der Waals surface area contributed by atoms with Crippen LogP contribution in [0.5, 0.6) is 6.01 Å². The minimum atomic E-state index is 0.190. The molecule has 10 heteroatoms. The number of hydrogen-bond donors (Lipinski definition) is 2. The van der Waals surface area contributed by atoms with Gasteiger partial charge in [0.1, 0.15) is 19.3 Å². The smallest absolute Gasteiger partial charge is 0.323 e. The fourth-order valence-corrected chi connectivity index (χ4v) is 1.69. The highest BCUT2D eigenvalue weighted by Crippen LogP contribution is 2.09. The van der Waals surface area contributed by atoms with Gasteiger partial charge in [-0.15, -0.1) is 0 Å². The van der Waals surface area contributed by atoms with Crippen molar-refractivity contribution in [2.24, 2.45) is 5.84 Å². The van der Waals surface area contributed by atoms with E-state index in [0.717, 1.165) is 19.6 Å². The van der Waals surface area contributed by atoms with Crippen LogP contribution in [-0.2, 0) is 0 Å². The van der Waals surface area contributed by atoms with Crippen molar-refractivity contribution >= 4 is 5.95 Å². The molecule has 0 atom stereocenters. The normalized spacial score (nSPS) is 10.9. The minimum Gasteiger partial charge on any atom is -0.462 e. The van der Waals surface area contributed by atoms with Crippen molar-refractivity contribution in [1.82, 2.24) is 34.6 Å². The van der Waals surface area contributed by atoms with E-state index in [2.05, 4.69) is 49.2 Å². The van der Waals surface area contributed by atoms with Gasteiger partial charge in [0, 0.05) is 6.54 Å². The molecule has 10 nitrogen and oxygen atoms in total. The highest BCUT2D eigenvalue weighted by molar-refractivity contribution is 5.27. The van der Waals surface area contributed by atoms with Gasteiger partial charge in [0.25, 0.3) is 5.95 Å². The summed E-state index contributed by atoms with van der Waals surface area (Å²) >= 11 is 0. The average Bonchev–Trinajstić information content (AvgIpc) is 3.05. The third-order valence-electron chi connectivity index (χ3n) is 2.89. The summed E-state index contributed by atoms with van der Waals surface area (Å²) in [5.74, 6) is 5.84. The predicted molar refractivity (Wildman–Crippen MR) is 75.8 cm³/mol. The lowest BCUT2D eigenvalue weighted by Gasteiger charge is -2.17. The van der Waals surface area contributed by atoms with Crippen LogP contribution >= 0.6 is 0 Å². The molecule has 0 saturated carbocycles. The molecule has 2 aromatic heterocycles. The highest BCUT2D eigenvalue weighted by Gasteiger charge is 2.09. The monoisotopic (exact) mass is 293 g/mol. The molecule has 0 saturated heterocycles. The third kappa shape index (κ3) is 4.07. The molecule has 114 valence electrons. The van der Waals surface area contributed by atoms with Crippen LogP contribution in [0.15, 0.2) is 12.7 Å². The molecule has 21 heavy (non-hydrogen) atoms. The van der Waals surface area contributed by atoms with Crippen LogP contribution in [0.1, 0.15) is 13.8 Å². The Hall–Kier alpha value is -2.33. The SMILES string of the molecule is CCN(CC)CCOc1nc(NN)nc(-n2cncn2)n1. The Morgan fingerprint density at radius 3 is 2.71 bits per heavy atom. The van der Waals surface area contributed by atoms with Gasteiger partial charge in [-0.2, -0.15) is 24.7 Å². The van der Waals surface area contributed by atoms with E-state index in [1.807, 2.05) is 0 Å². The number of aromatic nitrogens is 6. The zero-order valence-corrected chi connectivity index (χ0v) is 12.1. The van der Waals surface area contributed by atoms with Gasteiger partial charge in [-0.05, 0) is 13.1 Å². The van der Waals surface area contributed by atoms with E-state index in [-0.39, 0.29) is 17.9 Å². The molecule has 0 aliphatic heterocycles. The number of rotatable bonds is 8. The van der Waals surface area contributed by atoms with E-state index in [1.54, 1.807) is 0 Å². The van der Waals surface area contributed by atoms with E-state index < -0.39 is 0 Å². The molecule has 0 aromatic carbocycles. The highest BCUT2D eigenvalue weighted by atomic mass is 16.5. The Labute approximate surface area is 122 Å². The lowest BCUT2D eigenvalue weighted by atomic mass is 10.5. The number of likely N-dealkylation sites (N-methyl/N-ethyl adjacent to an activating group) is 1. The number of anilines is 1. The second-order valence-corrected chi connectivity index (χ2v) is 4.10. The summed E-state index contributed by atoms with van der Waals surface area (Å²) < 4.78 is 6.96. The van der Waals surface area contributed by atoms with Crippen molar-refractivity contribution in [1.29, 1.82) is 0 Å². The van der Waals surface area contributed by atoms with Crippen LogP contribution in [0.25, 0.3) is 5.95 Å². The summed E-state index contributed by atoms with van der Waals surface area (Å²) in [6.45, 7) is 7.42. The first-order chi connectivity index (χ1) is 10.3. The molecule has 0 radical (unpaired) electrons. The summed E-state index contributed by atoms with van der Waals surface area (Å²) in [6, 6.07) is 0.190. The molecule has 0 aliphatic carbocycles. The van der Waals surface area contributed by atoms with Crippen LogP contribution in [0.4, 0.5) is 5.95 Å². The Balaban J connectivity index is 2.07. The molecular weight excluding hydrogens is 274 g/mol. The van der Waals surface area contributed by atoms with Gasteiger partial charge >= 0.3 is 6.01 Å². The van der Waals surface area contributed by atoms with Crippen molar-refractivity contribution in [3.8, 4) is 12.0 Å². The van der Waals surface area contributed by atoms with Crippen molar-refractivity contribution in [3.05, 3.63) is 12.7 Å². The van der Waals surface area contributed by atoms with Gasteiger partial charge in [0.15, 0.2) is 0 Å². The minimum absolute atomic E-state index is 0.190. The molecule has 2 aromatic rings. The van der Waals surface area contributed by atoms with E-state index in [4.69, 9.17) is 10.6 Å². The van der Waals surface area contributed by atoms with Gasteiger partial charge < -0.3 is 9.64 Å². The first-order valence-corrected chi connectivity index (χ1v) is 6.69. The first kappa shape index (κ1) is 15.1. The lowest BCUT2D eigenvalue weighted by Crippen LogP contribution is -2.28. The number of ether oxygens (including phenoxy) is 1. The molecular formula is C11H19N9O. The van der Waals surface area contributed by atoms with Crippen LogP contribution in [0, 0.1) is 0 Å². The number of nitrogens with one attached hydrogen (secondary N) is 1. The van der Waals surface area contributed by atoms with E-state index in [9.17, 15) is 0 Å². The molecule has 2 rings (SSSR count). The number of nitrogens with zero attached hydrogens (tertiary/aromatic N) is 7. The molecule has 0 unspecified atom stereocenters. The van der Waals surface area contributed by atoms with Crippen molar-refractivity contribution in [3.63, 3.8) is 0 Å². The fraction of sp³-hybridized carbons (Fsp3) is 0.545. The van der Waals surface area contributed by atoms with Gasteiger partial charge in [-0.25, -0.2) is 10.8 Å². The molecule has 0 amide bonds. The summed E-state index contributed by atoms with van der Waals surface area (Å²) in [6.07, 6.45) is 2.87. The topological polar surface area (TPSA) is 120 Å². The number of hydrazine groups is 1. The Kier molecular flexibility index (Phi) is 5.35. The van der Waals surface area contributed by atoms with Crippen molar-refractivity contribution < 1.29 is 4.74 Å². The quantitative estimate of drug-likeness (QED) is 0.488. The van der Waals surface area contributed by atoms with Crippen LogP contribution < -0.4 is 16.0 Å². The van der Waals surface area contributed by atoms with E-state index in [0.29, 0.717) is 6.61 Å². The summed E-state index contributed by atoms with van der Waals surface area (Å²) in [4.78, 5) is 18.4. The van der Waals surface area contributed by atoms with Crippen molar-refractivity contribution in [2.75, 3.05) is 31.7 Å². The summed E-state index contributed by atoms with van der Waals surface area (Å²) in [5.41, 5.74) is 2.38. The maximum Gasteiger partial charge on any atom is 0.323 e. The third-order valence-corrected chi connectivity index (χ3v) is 2.89. The Morgan fingerprint density at radius 2 is 2.10 bits per heavy atom. The molecule has 3 N–H and O–H groups in total. The van der Waals surface area contributed by atoms with Crippen molar-refractivity contribution in [2.45, 2.75) is 13.8 Å². The maximum atomic E-state index is 5.56.